The fourth-order valence-corrected chi connectivity index (χ4v) is 3.24. The largest absolute Gasteiger partial charge is 0.367 e. The molecule has 1 aliphatic rings. The molecule has 1 aromatic rings. The average molecular weight is 296 g/mol. The molecule has 0 aliphatic carbocycles. The highest BCUT2D eigenvalue weighted by Crippen LogP contribution is 2.27. The van der Waals surface area contributed by atoms with Crippen LogP contribution < -0.4 is 10.6 Å². The van der Waals surface area contributed by atoms with Crippen LogP contribution in [0, 0.1) is 0 Å². The summed E-state index contributed by atoms with van der Waals surface area (Å²) >= 11 is 6.42. The molecule has 1 aromatic carbocycles. The second kappa shape index (κ2) is 6.79. The summed E-state index contributed by atoms with van der Waals surface area (Å²) in [5, 5.41) is 0.838. The topological polar surface area (TPSA) is 32.5 Å². The lowest BCUT2D eigenvalue weighted by Gasteiger charge is -2.30. The fourth-order valence-electron chi connectivity index (χ4n) is 2.98. The number of likely N-dealkylation sites (N-methyl/N-ethyl adjacent to an activating group) is 1. The van der Waals surface area contributed by atoms with Crippen molar-refractivity contribution in [3.05, 3.63) is 28.8 Å². The zero-order valence-corrected chi connectivity index (χ0v) is 13.5. The number of nitrogens with zero attached hydrogens (tertiary/aromatic N) is 2. The number of rotatable bonds is 3. The fraction of sp³-hybridized carbons (Fsp3) is 0.625. The van der Waals surface area contributed by atoms with Crippen LogP contribution in [0.5, 0.6) is 0 Å². The van der Waals surface area contributed by atoms with E-state index in [4.69, 9.17) is 17.3 Å². The van der Waals surface area contributed by atoms with Crippen molar-refractivity contribution in [3.8, 4) is 0 Å². The maximum absolute atomic E-state index is 6.42. The third-order valence-electron chi connectivity index (χ3n) is 3.96. The van der Waals surface area contributed by atoms with E-state index >= 15 is 0 Å². The minimum absolute atomic E-state index is 0.143. The molecular weight excluding hydrogens is 270 g/mol. The van der Waals surface area contributed by atoms with Gasteiger partial charge in [0.2, 0.25) is 0 Å². The van der Waals surface area contributed by atoms with Crippen molar-refractivity contribution in [1.82, 2.24) is 4.90 Å². The Hall–Kier alpha value is -0.770. The van der Waals surface area contributed by atoms with E-state index < -0.39 is 0 Å². The van der Waals surface area contributed by atoms with Crippen LogP contribution in [0.4, 0.5) is 5.69 Å². The summed E-state index contributed by atoms with van der Waals surface area (Å²) < 4.78 is 0. The minimum atomic E-state index is 0.143. The van der Waals surface area contributed by atoms with Crippen LogP contribution in [-0.4, -0.2) is 43.7 Å². The molecule has 20 heavy (non-hydrogen) atoms. The monoisotopic (exact) mass is 295 g/mol. The molecule has 2 rings (SSSR count). The van der Waals surface area contributed by atoms with Crippen molar-refractivity contribution in [2.45, 2.75) is 38.8 Å². The van der Waals surface area contributed by atoms with Crippen LogP contribution in [0.15, 0.2) is 18.2 Å². The molecule has 4 heteroatoms. The van der Waals surface area contributed by atoms with Gasteiger partial charge in [-0.15, -0.1) is 0 Å². The predicted molar refractivity (Wildman–Crippen MR) is 87.7 cm³/mol. The zero-order chi connectivity index (χ0) is 14.7. The zero-order valence-electron chi connectivity index (χ0n) is 12.8. The maximum atomic E-state index is 6.42. The number of benzene rings is 1. The Balaban J connectivity index is 2.17. The molecule has 2 unspecified atom stereocenters. The molecule has 0 spiro atoms. The van der Waals surface area contributed by atoms with Crippen LogP contribution in [0.1, 0.15) is 25.8 Å². The molecule has 3 nitrogen and oxygen atoms in total. The van der Waals surface area contributed by atoms with Crippen LogP contribution in [0.3, 0.4) is 0 Å². The Kier molecular flexibility index (Phi) is 5.30. The second-order valence-corrected chi connectivity index (χ2v) is 6.52. The number of nitrogens with two attached hydrogens (primary N) is 1. The summed E-state index contributed by atoms with van der Waals surface area (Å²) in [6.45, 7) is 7.65. The van der Waals surface area contributed by atoms with Gasteiger partial charge in [-0.1, -0.05) is 17.7 Å². The third-order valence-corrected chi connectivity index (χ3v) is 4.31. The SMILES string of the molecule is CC(N)Cc1ccc(N2CCCN(C)CC2C)cc1Cl. The van der Waals surface area contributed by atoms with Crippen molar-refractivity contribution < 1.29 is 0 Å². The quantitative estimate of drug-likeness (QED) is 0.931. The first-order chi connectivity index (χ1) is 9.47. The number of halogens is 1. The van der Waals surface area contributed by atoms with Gasteiger partial charge in [-0.3, -0.25) is 0 Å². The minimum Gasteiger partial charge on any atom is -0.367 e. The van der Waals surface area contributed by atoms with Gasteiger partial charge in [-0.2, -0.15) is 0 Å². The lowest BCUT2D eigenvalue weighted by Crippen LogP contribution is -2.37. The van der Waals surface area contributed by atoms with Gasteiger partial charge < -0.3 is 15.5 Å². The molecule has 0 radical (unpaired) electrons. The van der Waals surface area contributed by atoms with Crippen LogP contribution in [-0.2, 0) is 6.42 Å². The van der Waals surface area contributed by atoms with Gasteiger partial charge in [0.15, 0.2) is 0 Å². The molecular formula is C16H26ClN3. The Morgan fingerprint density at radius 3 is 2.80 bits per heavy atom. The molecule has 1 aliphatic heterocycles. The van der Waals surface area contributed by atoms with E-state index in [0.29, 0.717) is 6.04 Å². The molecule has 0 bridgehead atoms. The molecule has 0 saturated carbocycles. The van der Waals surface area contributed by atoms with E-state index in [1.165, 1.54) is 12.1 Å². The van der Waals surface area contributed by atoms with Gasteiger partial charge >= 0.3 is 0 Å². The Morgan fingerprint density at radius 1 is 1.40 bits per heavy atom. The molecule has 1 fully saturated rings. The predicted octanol–water partition coefficient (Wildman–Crippen LogP) is 2.76. The van der Waals surface area contributed by atoms with Crippen molar-refractivity contribution >= 4 is 17.3 Å². The van der Waals surface area contributed by atoms with Gasteiger partial charge in [0, 0.05) is 35.9 Å². The highest BCUT2D eigenvalue weighted by Gasteiger charge is 2.20. The van der Waals surface area contributed by atoms with Crippen LogP contribution >= 0.6 is 11.6 Å². The van der Waals surface area contributed by atoms with Crippen LogP contribution in [0.25, 0.3) is 0 Å². The van der Waals surface area contributed by atoms with Gasteiger partial charge in [-0.25, -0.2) is 0 Å². The summed E-state index contributed by atoms with van der Waals surface area (Å²) in [7, 11) is 2.19. The summed E-state index contributed by atoms with van der Waals surface area (Å²) in [5.74, 6) is 0. The summed E-state index contributed by atoms with van der Waals surface area (Å²) in [6.07, 6.45) is 2.03. The van der Waals surface area contributed by atoms with Crippen LogP contribution in [0.2, 0.25) is 5.02 Å². The molecule has 112 valence electrons. The molecule has 0 amide bonds. The lowest BCUT2D eigenvalue weighted by atomic mass is 10.1. The highest BCUT2D eigenvalue weighted by atomic mass is 35.5. The van der Waals surface area contributed by atoms with E-state index in [9.17, 15) is 0 Å². The van der Waals surface area contributed by atoms with Gasteiger partial charge in [-0.05, 0) is 58.0 Å². The Bertz CT molecular complexity index is 447. The summed E-state index contributed by atoms with van der Waals surface area (Å²) in [6, 6.07) is 7.07. The molecule has 0 aromatic heterocycles. The first-order valence-electron chi connectivity index (χ1n) is 7.46. The van der Waals surface area contributed by atoms with E-state index in [1.807, 2.05) is 6.92 Å². The van der Waals surface area contributed by atoms with Gasteiger partial charge in [0.05, 0.1) is 0 Å². The van der Waals surface area contributed by atoms with Crippen molar-refractivity contribution in [2.75, 3.05) is 31.6 Å². The van der Waals surface area contributed by atoms with E-state index in [2.05, 4.69) is 42.0 Å². The van der Waals surface area contributed by atoms with E-state index in [-0.39, 0.29) is 6.04 Å². The molecule has 1 saturated heterocycles. The average Bonchev–Trinajstić information content (AvgIpc) is 2.52. The second-order valence-electron chi connectivity index (χ2n) is 6.12. The molecule has 2 N–H and O–H groups in total. The molecule has 1 heterocycles. The van der Waals surface area contributed by atoms with Crippen molar-refractivity contribution in [2.24, 2.45) is 5.73 Å². The summed E-state index contributed by atoms with van der Waals surface area (Å²) in [4.78, 5) is 4.86. The van der Waals surface area contributed by atoms with Crippen molar-refractivity contribution in [3.63, 3.8) is 0 Å². The van der Waals surface area contributed by atoms with E-state index in [1.54, 1.807) is 0 Å². The normalized spacial score (nSPS) is 22.6. The number of anilines is 1. The Morgan fingerprint density at radius 2 is 2.15 bits per heavy atom. The smallest absolute Gasteiger partial charge is 0.0459 e. The van der Waals surface area contributed by atoms with Gasteiger partial charge in [0.25, 0.3) is 0 Å². The number of hydrogen-bond acceptors (Lipinski definition) is 3. The standard InChI is InChI=1S/C16H26ClN3/c1-12(18)9-14-5-6-15(10-16(14)17)20-8-4-7-19(3)11-13(20)2/h5-6,10,12-13H,4,7-9,11,18H2,1-3H3. The van der Waals surface area contributed by atoms with Crippen molar-refractivity contribution in [1.29, 1.82) is 0 Å². The van der Waals surface area contributed by atoms with Gasteiger partial charge in [0.1, 0.15) is 0 Å². The third kappa shape index (κ3) is 3.87. The first kappa shape index (κ1) is 15.6. The highest BCUT2D eigenvalue weighted by molar-refractivity contribution is 6.31. The first-order valence-corrected chi connectivity index (χ1v) is 7.84. The number of hydrogen-bond donors (Lipinski definition) is 1. The van der Waals surface area contributed by atoms with E-state index in [0.717, 1.165) is 36.6 Å². The molecule has 2 atom stereocenters. The maximum Gasteiger partial charge on any atom is 0.0459 e. The summed E-state index contributed by atoms with van der Waals surface area (Å²) in [5.41, 5.74) is 8.23. The lowest BCUT2D eigenvalue weighted by molar-refractivity contribution is 0.337. The Labute approximate surface area is 127 Å².